The van der Waals surface area contributed by atoms with Crippen LogP contribution in [0.3, 0.4) is 0 Å². The molecule has 2 aromatic carbocycles. The number of hydrogen-bond acceptors (Lipinski definition) is 10. The van der Waals surface area contributed by atoms with Crippen molar-refractivity contribution in [2.45, 2.75) is 118 Å². The summed E-state index contributed by atoms with van der Waals surface area (Å²) in [5, 5.41) is 18.3. The Morgan fingerprint density at radius 1 is 0.731 bits per heavy atom. The summed E-state index contributed by atoms with van der Waals surface area (Å²) in [5.74, 6) is -3.77. The lowest BCUT2D eigenvalue weighted by Gasteiger charge is -2.25. The Hall–Kier alpha value is -4.12. The molecule has 0 aliphatic heterocycles. The first-order valence-corrected chi connectivity index (χ1v) is 18.4. The van der Waals surface area contributed by atoms with Crippen molar-refractivity contribution in [2.75, 3.05) is 13.2 Å². The van der Waals surface area contributed by atoms with Gasteiger partial charge in [-0.1, -0.05) is 74.2 Å². The lowest BCUT2D eigenvalue weighted by molar-refractivity contribution is -0.157. The van der Waals surface area contributed by atoms with Crippen LogP contribution in [0.1, 0.15) is 99.6 Å². The van der Waals surface area contributed by atoms with E-state index in [9.17, 15) is 28.5 Å². The summed E-state index contributed by atoms with van der Waals surface area (Å²) in [5.41, 5.74) is -0.477. The van der Waals surface area contributed by atoms with Gasteiger partial charge in [0.25, 0.3) is 0 Å². The van der Waals surface area contributed by atoms with Crippen LogP contribution in [0.2, 0.25) is 0 Å². The van der Waals surface area contributed by atoms with Gasteiger partial charge in [0, 0.05) is 12.0 Å². The van der Waals surface area contributed by atoms with Crippen LogP contribution in [-0.4, -0.2) is 70.5 Å². The fourth-order valence-electron chi connectivity index (χ4n) is 4.15. The Labute approximate surface area is 309 Å². The highest BCUT2D eigenvalue weighted by Crippen LogP contribution is 2.54. The van der Waals surface area contributed by atoms with Gasteiger partial charge < -0.3 is 33.5 Å². The molecule has 0 spiro atoms. The first-order chi connectivity index (χ1) is 23.8. The summed E-state index contributed by atoms with van der Waals surface area (Å²) < 4.78 is 32.5. The zero-order chi connectivity index (χ0) is 39.1. The van der Waals surface area contributed by atoms with E-state index in [1.807, 2.05) is 60.7 Å². The maximum atomic E-state index is 12.4. The molecule has 0 aromatic heterocycles. The topological polar surface area (TPSA) is 180 Å². The molecule has 0 bridgehead atoms. The third kappa shape index (κ3) is 24.1. The molecule has 292 valence electrons. The van der Waals surface area contributed by atoms with Gasteiger partial charge in [0.15, 0.2) is 5.66 Å². The van der Waals surface area contributed by atoms with Crippen LogP contribution >= 0.6 is 7.60 Å². The molecule has 0 saturated heterocycles. The number of aliphatic carboxylic acids is 2. The molecule has 0 saturated carbocycles. The number of carboxylic acids is 2. The number of aldehydes is 1. The van der Waals surface area contributed by atoms with Gasteiger partial charge in [0.2, 0.25) is 0 Å². The number of carbonyl (C=O) groups is 5. The fourth-order valence-corrected chi connectivity index (χ4v) is 5.95. The Bertz CT molecular complexity index is 1410. The van der Waals surface area contributed by atoms with Gasteiger partial charge in [-0.3, -0.25) is 18.9 Å². The average Bonchev–Trinajstić information content (AvgIpc) is 3.02. The van der Waals surface area contributed by atoms with Gasteiger partial charge in [0.1, 0.15) is 17.5 Å². The van der Waals surface area contributed by atoms with Crippen molar-refractivity contribution in [1.82, 2.24) is 0 Å². The van der Waals surface area contributed by atoms with Gasteiger partial charge >= 0.3 is 31.5 Å². The quantitative estimate of drug-likeness (QED) is 0.0685. The lowest BCUT2D eigenvalue weighted by atomic mass is 10.1. The number of carbonyl (C=O) groups excluding carboxylic acids is 3. The SMILES string of the molecule is C.CC(C)(C)OC(=O)C/C(=C\CCc1ccccc1)C(=O)O.CCOP(=O)(OCC)C(CC(=O)OC(C)(C)C)C(=O)O.O=CCCc1ccccc1. The minimum absolute atomic E-state index is 0. The van der Waals surface area contributed by atoms with Crippen molar-refractivity contribution in [3.8, 4) is 0 Å². The Balaban J connectivity index is 0. The standard InChI is InChI=1S/C17H22O4.C12H23O7P.C9H10O.CH4/c1-17(2,3)21-15(18)12-14(16(19)20)11-7-10-13-8-5-4-6-9-13;1-6-17-20(16,18-7-2)9(11(14)15)8-10(13)19-12(3,4)5;10-8-4-7-9-5-2-1-3-6-9;/h4-6,8-9,11H,7,10,12H2,1-3H3,(H,19,20);9H,6-8H2,1-5H3,(H,14,15);1-3,5-6,8H,4,7H2;1H4/b14-11+;;;. The minimum atomic E-state index is -3.91. The van der Waals surface area contributed by atoms with E-state index in [0.29, 0.717) is 12.8 Å². The van der Waals surface area contributed by atoms with Crippen LogP contribution in [0, 0.1) is 0 Å². The Kier molecular flexibility index (Phi) is 24.8. The summed E-state index contributed by atoms with van der Waals surface area (Å²) in [6.07, 6.45) is 4.59. The van der Waals surface area contributed by atoms with Crippen molar-refractivity contribution >= 4 is 37.8 Å². The molecule has 0 radical (unpaired) electrons. The monoisotopic (exact) mass is 750 g/mol. The minimum Gasteiger partial charge on any atom is -0.481 e. The summed E-state index contributed by atoms with van der Waals surface area (Å²) in [7, 11) is -3.91. The maximum Gasteiger partial charge on any atom is 0.345 e. The normalized spacial score (nSPS) is 12.0. The first kappa shape index (κ1) is 50.0. The molecular formula is C39H59O12P. The van der Waals surface area contributed by atoms with Crippen LogP contribution in [0.15, 0.2) is 72.3 Å². The smallest absolute Gasteiger partial charge is 0.345 e. The highest BCUT2D eigenvalue weighted by Gasteiger charge is 2.43. The van der Waals surface area contributed by atoms with Crippen LogP contribution in [0.5, 0.6) is 0 Å². The van der Waals surface area contributed by atoms with Crippen molar-refractivity contribution < 1.29 is 57.3 Å². The largest absolute Gasteiger partial charge is 0.481 e. The Morgan fingerprint density at radius 2 is 1.15 bits per heavy atom. The van der Waals surface area contributed by atoms with E-state index in [-0.39, 0.29) is 32.6 Å². The van der Waals surface area contributed by atoms with Crippen molar-refractivity contribution in [1.29, 1.82) is 0 Å². The molecule has 0 aliphatic rings. The lowest BCUT2D eigenvalue weighted by Crippen LogP contribution is -2.31. The fraction of sp³-hybridized carbons (Fsp3) is 0.513. The molecular weight excluding hydrogens is 691 g/mol. The molecule has 13 heteroatoms. The number of carboxylic acid groups (broad SMARTS) is 2. The van der Waals surface area contributed by atoms with Crippen LogP contribution in [-0.2, 0) is 59.9 Å². The van der Waals surface area contributed by atoms with E-state index in [4.69, 9.17) is 28.7 Å². The van der Waals surface area contributed by atoms with E-state index in [2.05, 4.69) is 0 Å². The highest BCUT2D eigenvalue weighted by molar-refractivity contribution is 7.55. The molecule has 2 rings (SSSR count). The van der Waals surface area contributed by atoms with Crippen molar-refractivity contribution in [3.05, 3.63) is 83.4 Å². The number of ether oxygens (including phenoxy) is 2. The number of allylic oxidation sites excluding steroid dienone is 1. The van der Waals surface area contributed by atoms with Crippen molar-refractivity contribution in [2.24, 2.45) is 0 Å². The molecule has 0 amide bonds. The summed E-state index contributed by atoms with van der Waals surface area (Å²) >= 11 is 0. The molecule has 2 aromatic rings. The molecule has 0 fully saturated rings. The Morgan fingerprint density at radius 3 is 1.52 bits per heavy atom. The number of esters is 2. The van der Waals surface area contributed by atoms with Crippen LogP contribution in [0.4, 0.5) is 0 Å². The van der Waals surface area contributed by atoms with Crippen molar-refractivity contribution in [3.63, 3.8) is 0 Å². The van der Waals surface area contributed by atoms with E-state index < -0.39 is 54.8 Å². The number of benzene rings is 2. The van der Waals surface area contributed by atoms with Gasteiger partial charge in [-0.05, 0) is 85.8 Å². The van der Waals surface area contributed by atoms with Crippen LogP contribution < -0.4 is 0 Å². The van der Waals surface area contributed by atoms with E-state index in [1.165, 1.54) is 5.56 Å². The van der Waals surface area contributed by atoms with Gasteiger partial charge in [-0.2, -0.15) is 0 Å². The maximum absolute atomic E-state index is 12.4. The van der Waals surface area contributed by atoms with Gasteiger partial charge in [-0.25, -0.2) is 4.79 Å². The predicted octanol–water partition coefficient (Wildman–Crippen LogP) is 8.25. The van der Waals surface area contributed by atoms with E-state index in [0.717, 1.165) is 24.7 Å². The molecule has 0 aliphatic carbocycles. The molecule has 12 nitrogen and oxygen atoms in total. The van der Waals surface area contributed by atoms with E-state index in [1.54, 1.807) is 61.5 Å². The van der Waals surface area contributed by atoms with Gasteiger partial charge in [0.05, 0.1) is 26.1 Å². The third-order valence-corrected chi connectivity index (χ3v) is 8.56. The second-order valence-corrected chi connectivity index (χ2v) is 15.3. The number of aryl methyl sites for hydroxylation is 2. The summed E-state index contributed by atoms with van der Waals surface area (Å²) in [6, 6.07) is 19.8. The molecule has 1 unspecified atom stereocenters. The average molecular weight is 751 g/mol. The highest BCUT2D eigenvalue weighted by atomic mass is 31.2. The number of hydrogen-bond donors (Lipinski definition) is 2. The second-order valence-electron chi connectivity index (χ2n) is 13.0. The second kappa shape index (κ2) is 25.8. The third-order valence-electron chi connectivity index (χ3n) is 6.15. The first-order valence-electron chi connectivity index (χ1n) is 16.8. The number of rotatable bonds is 17. The van der Waals surface area contributed by atoms with E-state index >= 15 is 0 Å². The zero-order valence-corrected chi connectivity index (χ0v) is 32.0. The molecule has 52 heavy (non-hydrogen) atoms. The summed E-state index contributed by atoms with van der Waals surface area (Å²) in [6.45, 7) is 13.4. The molecule has 2 N–H and O–H groups in total. The molecule has 1 atom stereocenters. The van der Waals surface area contributed by atoms with Crippen LogP contribution in [0.25, 0.3) is 0 Å². The zero-order valence-electron chi connectivity index (χ0n) is 31.1. The molecule has 0 heterocycles. The summed E-state index contributed by atoms with van der Waals surface area (Å²) in [4.78, 5) is 55.8. The van der Waals surface area contributed by atoms with Gasteiger partial charge in [-0.15, -0.1) is 0 Å². The predicted molar refractivity (Wildman–Crippen MR) is 201 cm³/mol.